The van der Waals surface area contributed by atoms with Gasteiger partial charge in [-0.25, -0.2) is 4.98 Å². The fraction of sp³-hybridized carbons (Fsp3) is 0.417. The molecule has 0 aliphatic heterocycles. The lowest BCUT2D eigenvalue weighted by atomic mass is 9.90. The summed E-state index contributed by atoms with van der Waals surface area (Å²) >= 11 is 1.49. The molecule has 0 saturated heterocycles. The van der Waals surface area contributed by atoms with E-state index in [-0.39, 0.29) is 5.97 Å². The van der Waals surface area contributed by atoms with Gasteiger partial charge in [0.2, 0.25) is 0 Å². The van der Waals surface area contributed by atoms with Crippen molar-refractivity contribution in [1.29, 1.82) is 0 Å². The average molecular weight is 425 g/mol. The number of fused-ring (bicyclic) bond motifs is 1. The van der Waals surface area contributed by atoms with E-state index >= 15 is 0 Å². The molecule has 4 rings (SSSR count). The van der Waals surface area contributed by atoms with Crippen molar-refractivity contribution in [3.63, 3.8) is 0 Å². The van der Waals surface area contributed by atoms with Gasteiger partial charge in [-0.2, -0.15) is 0 Å². The molecule has 2 aromatic carbocycles. The number of ether oxygens (including phenoxy) is 2. The zero-order valence-corrected chi connectivity index (χ0v) is 18.2. The first-order chi connectivity index (χ1) is 14.6. The maximum Gasteiger partial charge on any atom is 0.305 e. The monoisotopic (exact) mass is 424 g/mol. The molecular formula is C24H28N2O3S. The molecule has 5 nitrogen and oxygen atoms in total. The van der Waals surface area contributed by atoms with Crippen LogP contribution in [-0.4, -0.2) is 24.7 Å². The Labute approximate surface area is 181 Å². The van der Waals surface area contributed by atoms with Gasteiger partial charge in [-0.3, -0.25) is 4.79 Å². The van der Waals surface area contributed by atoms with Crippen molar-refractivity contribution in [3.8, 4) is 16.9 Å². The molecule has 1 aromatic heterocycles. The van der Waals surface area contributed by atoms with Crippen molar-refractivity contribution >= 4 is 32.7 Å². The van der Waals surface area contributed by atoms with Crippen molar-refractivity contribution < 1.29 is 14.3 Å². The Balaban J connectivity index is 1.62. The van der Waals surface area contributed by atoms with E-state index in [1.165, 1.54) is 50.6 Å². The van der Waals surface area contributed by atoms with Crippen molar-refractivity contribution in [2.45, 2.75) is 44.9 Å². The highest BCUT2D eigenvalue weighted by atomic mass is 32.1. The van der Waals surface area contributed by atoms with Crippen LogP contribution in [0.2, 0.25) is 0 Å². The van der Waals surface area contributed by atoms with Gasteiger partial charge in [0.05, 0.1) is 23.9 Å². The second kappa shape index (κ2) is 9.47. The highest BCUT2D eigenvalue weighted by molar-refractivity contribution is 7.22. The summed E-state index contributed by atoms with van der Waals surface area (Å²) in [6.07, 6.45) is 7.44. The van der Waals surface area contributed by atoms with Crippen molar-refractivity contribution in [2.75, 3.05) is 19.5 Å². The van der Waals surface area contributed by atoms with E-state index in [4.69, 9.17) is 15.2 Å². The molecule has 6 heteroatoms. The number of thiazole rings is 1. The molecule has 1 aliphatic carbocycles. The molecule has 3 aromatic rings. The van der Waals surface area contributed by atoms with Crippen LogP contribution in [0.1, 0.15) is 44.1 Å². The van der Waals surface area contributed by atoms with Crippen molar-refractivity contribution in [1.82, 2.24) is 4.98 Å². The van der Waals surface area contributed by atoms with Gasteiger partial charge in [0.1, 0.15) is 5.75 Å². The summed E-state index contributed by atoms with van der Waals surface area (Å²) in [7, 11) is 1.42. The SMILES string of the molecule is COC(=O)CCc1ccc(OCC2CCCCC2)c(-c2ccc3nc(N)sc3c2)c1. The molecule has 0 amide bonds. The van der Waals surface area contributed by atoms with E-state index in [2.05, 4.69) is 23.2 Å². The van der Waals surface area contributed by atoms with Crippen molar-refractivity contribution in [3.05, 3.63) is 42.0 Å². The molecule has 1 heterocycles. The summed E-state index contributed by atoms with van der Waals surface area (Å²) in [5.41, 5.74) is 10.00. The largest absolute Gasteiger partial charge is 0.493 e. The van der Waals surface area contributed by atoms with Crippen LogP contribution < -0.4 is 10.5 Å². The number of anilines is 1. The van der Waals surface area contributed by atoms with E-state index in [0.29, 0.717) is 23.9 Å². The van der Waals surface area contributed by atoms with Gasteiger partial charge >= 0.3 is 5.97 Å². The van der Waals surface area contributed by atoms with Gasteiger partial charge in [-0.1, -0.05) is 42.7 Å². The number of carbonyl (C=O) groups excluding carboxylic acids is 1. The van der Waals surface area contributed by atoms with E-state index in [9.17, 15) is 4.79 Å². The number of hydrogen-bond donors (Lipinski definition) is 1. The molecule has 0 radical (unpaired) electrons. The number of methoxy groups -OCH3 is 1. The number of hydrogen-bond acceptors (Lipinski definition) is 6. The van der Waals surface area contributed by atoms with Gasteiger partial charge < -0.3 is 15.2 Å². The maximum absolute atomic E-state index is 11.6. The zero-order valence-electron chi connectivity index (χ0n) is 17.4. The third-order valence-corrected chi connectivity index (χ3v) is 6.65. The molecular weight excluding hydrogens is 396 g/mol. The topological polar surface area (TPSA) is 74.4 Å². The summed E-state index contributed by atoms with van der Waals surface area (Å²) < 4.78 is 12.2. The molecule has 0 unspecified atom stereocenters. The molecule has 1 fully saturated rings. The number of aromatic nitrogens is 1. The number of nitrogens with zero attached hydrogens (tertiary/aromatic N) is 1. The number of benzene rings is 2. The molecule has 2 N–H and O–H groups in total. The van der Waals surface area contributed by atoms with E-state index in [0.717, 1.165) is 39.3 Å². The highest BCUT2D eigenvalue weighted by Gasteiger charge is 2.16. The maximum atomic E-state index is 11.6. The van der Waals surface area contributed by atoms with Crippen molar-refractivity contribution in [2.24, 2.45) is 5.92 Å². The second-order valence-corrected chi connectivity index (χ2v) is 9.02. The minimum Gasteiger partial charge on any atom is -0.493 e. The standard InChI is InChI=1S/C24H28N2O3S/c1-28-23(27)12-8-16-7-11-21(29-15-17-5-3-2-4-6-17)19(13-16)18-9-10-20-22(14-18)30-24(25)26-20/h7,9-11,13-14,17H,2-6,8,12,15H2,1H3,(H2,25,26). The number of carbonyl (C=O) groups is 1. The average Bonchev–Trinajstić information content (AvgIpc) is 3.16. The number of aryl methyl sites for hydroxylation is 1. The Morgan fingerprint density at radius 3 is 2.80 bits per heavy atom. The van der Waals surface area contributed by atoms with Gasteiger partial charge in [-0.15, -0.1) is 0 Å². The fourth-order valence-electron chi connectivity index (χ4n) is 4.10. The lowest BCUT2D eigenvalue weighted by Gasteiger charge is -2.22. The minimum atomic E-state index is -0.198. The van der Waals surface area contributed by atoms with Gasteiger partial charge in [-0.05, 0) is 60.6 Å². The molecule has 0 atom stereocenters. The summed E-state index contributed by atoms with van der Waals surface area (Å²) in [4.78, 5) is 15.9. The molecule has 0 bridgehead atoms. The molecule has 1 aliphatic rings. The van der Waals surface area contributed by atoms with Crippen LogP contribution in [0.5, 0.6) is 5.75 Å². The van der Waals surface area contributed by atoms with E-state index in [1.807, 2.05) is 18.2 Å². The van der Waals surface area contributed by atoms with E-state index < -0.39 is 0 Å². The molecule has 1 saturated carbocycles. The first-order valence-corrected chi connectivity index (χ1v) is 11.4. The Kier molecular flexibility index (Phi) is 6.53. The molecule has 158 valence electrons. The van der Waals surface area contributed by atoms with Gasteiger partial charge in [0.15, 0.2) is 5.13 Å². The Morgan fingerprint density at radius 2 is 2.00 bits per heavy atom. The van der Waals surface area contributed by atoms with Crippen LogP contribution in [0.3, 0.4) is 0 Å². The summed E-state index contributed by atoms with van der Waals surface area (Å²) in [5.74, 6) is 1.32. The number of nitrogens with two attached hydrogens (primary N) is 1. The smallest absolute Gasteiger partial charge is 0.305 e. The number of nitrogen functional groups attached to an aromatic ring is 1. The van der Waals surface area contributed by atoms with Crippen LogP contribution in [0, 0.1) is 5.92 Å². The summed E-state index contributed by atoms with van der Waals surface area (Å²) in [6.45, 7) is 0.754. The lowest BCUT2D eigenvalue weighted by Crippen LogP contribution is -2.15. The Hall–Kier alpha value is -2.60. The minimum absolute atomic E-state index is 0.198. The lowest BCUT2D eigenvalue weighted by molar-refractivity contribution is -0.140. The van der Waals surface area contributed by atoms with Crippen LogP contribution in [0.15, 0.2) is 36.4 Å². The predicted molar refractivity (Wildman–Crippen MR) is 122 cm³/mol. The van der Waals surface area contributed by atoms with Gasteiger partial charge in [0.25, 0.3) is 0 Å². The van der Waals surface area contributed by atoms with Crippen LogP contribution in [-0.2, 0) is 16.0 Å². The third kappa shape index (κ3) is 4.93. The van der Waals surface area contributed by atoms with Crippen LogP contribution in [0.25, 0.3) is 21.3 Å². The third-order valence-electron chi connectivity index (χ3n) is 5.80. The fourth-order valence-corrected chi connectivity index (χ4v) is 4.88. The Bertz CT molecular complexity index is 1020. The number of rotatable bonds is 7. The number of esters is 1. The van der Waals surface area contributed by atoms with Gasteiger partial charge in [0, 0.05) is 12.0 Å². The quantitative estimate of drug-likeness (QED) is 0.499. The van der Waals surface area contributed by atoms with E-state index in [1.54, 1.807) is 0 Å². The summed E-state index contributed by atoms with van der Waals surface area (Å²) in [5, 5.41) is 0.572. The normalized spacial score (nSPS) is 14.7. The molecule has 0 spiro atoms. The summed E-state index contributed by atoms with van der Waals surface area (Å²) in [6, 6.07) is 12.4. The Morgan fingerprint density at radius 1 is 1.17 bits per heavy atom. The molecule has 30 heavy (non-hydrogen) atoms. The first kappa shape index (κ1) is 20.7. The van der Waals surface area contributed by atoms with Crippen LogP contribution >= 0.6 is 11.3 Å². The zero-order chi connectivity index (χ0) is 20.9. The highest BCUT2D eigenvalue weighted by Crippen LogP contribution is 2.36. The first-order valence-electron chi connectivity index (χ1n) is 10.6. The second-order valence-electron chi connectivity index (χ2n) is 7.96. The predicted octanol–water partition coefficient (Wildman–Crippen LogP) is 5.61. The van der Waals surface area contributed by atoms with Crippen LogP contribution in [0.4, 0.5) is 5.13 Å².